The van der Waals surface area contributed by atoms with Gasteiger partial charge < -0.3 is 9.47 Å². The van der Waals surface area contributed by atoms with Gasteiger partial charge in [0.05, 0.1) is 12.7 Å². The highest BCUT2D eigenvalue weighted by atomic mass is 16.2. The van der Waals surface area contributed by atoms with Gasteiger partial charge in [0.1, 0.15) is 0 Å². The second-order valence-corrected chi connectivity index (χ2v) is 6.08. The average Bonchev–Trinajstić information content (AvgIpc) is 3.08. The predicted octanol–water partition coefficient (Wildman–Crippen LogP) is 2.75. The third kappa shape index (κ3) is 3.97. The molecule has 0 atom stereocenters. The number of nitrogens with zero attached hydrogens (tertiary/aromatic N) is 3. The van der Waals surface area contributed by atoms with Crippen molar-refractivity contribution in [3.8, 4) is 0 Å². The second kappa shape index (κ2) is 7.25. The van der Waals surface area contributed by atoms with Crippen LogP contribution in [0.15, 0.2) is 49.1 Å². The molecule has 1 fully saturated rings. The molecule has 2 aromatic rings. The zero-order valence-corrected chi connectivity index (χ0v) is 12.9. The van der Waals surface area contributed by atoms with E-state index in [2.05, 4.69) is 9.55 Å². The van der Waals surface area contributed by atoms with Gasteiger partial charge in [-0.25, -0.2) is 4.98 Å². The van der Waals surface area contributed by atoms with Gasteiger partial charge in [-0.2, -0.15) is 0 Å². The maximum absolute atomic E-state index is 12.3. The highest BCUT2D eigenvalue weighted by Crippen LogP contribution is 2.21. The van der Waals surface area contributed by atoms with Gasteiger partial charge in [-0.15, -0.1) is 0 Å². The first-order valence-electron chi connectivity index (χ1n) is 8.09. The lowest BCUT2D eigenvalue weighted by molar-refractivity contribution is -0.131. The van der Waals surface area contributed by atoms with Crippen LogP contribution < -0.4 is 0 Å². The van der Waals surface area contributed by atoms with E-state index in [1.165, 1.54) is 6.42 Å². The van der Waals surface area contributed by atoms with Crippen LogP contribution in [0.4, 0.5) is 0 Å². The first-order chi connectivity index (χ1) is 10.8. The van der Waals surface area contributed by atoms with Crippen LogP contribution in [-0.2, 0) is 17.8 Å². The fraction of sp³-hybridized carbons (Fsp3) is 0.444. The van der Waals surface area contributed by atoms with Crippen LogP contribution in [0.1, 0.15) is 24.8 Å². The molecule has 4 heteroatoms. The van der Waals surface area contributed by atoms with Gasteiger partial charge in [0.25, 0.3) is 0 Å². The second-order valence-electron chi connectivity index (χ2n) is 6.08. The summed E-state index contributed by atoms with van der Waals surface area (Å²) in [6, 6.07) is 10.0. The molecule has 1 aromatic carbocycles. The van der Waals surface area contributed by atoms with Crippen molar-refractivity contribution >= 4 is 5.91 Å². The molecular weight excluding hydrogens is 274 g/mol. The lowest BCUT2D eigenvalue weighted by Crippen LogP contribution is -2.39. The highest BCUT2D eigenvalue weighted by molar-refractivity contribution is 5.78. The monoisotopic (exact) mass is 297 g/mol. The van der Waals surface area contributed by atoms with E-state index in [1.807, 2.05) is 54.0 Å². The molecule has 0 aliphatic carbocycles. The van der Waals surface area contributed by atoms with E-state index in [0.29, 0.717) is 6.42 Å². The van der Waals surface area contributed by atoms with E-state index in [9.17, 15) is 4.79 Å². The minimum absolute atomic E-state index is 0.263. The Kier molecular flexibility index (Phi) is 4.88. The Hall–Kier alpha value is -2.10. The number of hydrogen-bond acceptors (Lipinski definition) is 2. The summed E-state index contributed by atoms with van der Waals surface area (Å²) in [4.78, 5) is 18.4. The number of benzene rings is 1. The quantitative estimate of drug-likeness (QED) is 0.851. The molecule has 0 unspecified atom stereocenters. The molecule has 22 heavy (non-hydrogen) atoms. The SMILES string of the molecule is O=C(Cc1ccccc1)N1CCC(CCn2ccnc2)CC1. The Morgan fingerprint density at radius 1 is 1.18 bits per heavy atom. The highest BCUT2D eigenvalue weighted by Gasteiger charge is 2.22. The number of aromatic nitrogens is 2. The van der Waals surface area contributed by atoms with Gasteiger partial charge in [-0.1, -0.05) is 30.3 Å². The van der Waals surface area contributed by atoms with Crippen LogP contribution in [0.25, 0.3) is 0 Å². The van der Waals surface area contributed by atoms with Crippen LogP contribution in [-0.4, -0.2) is 33.4 Å². The third-order valence-electron chi connectivity index (χ3n) is 4.52. The van der Waals surface area contributed by atoms with Gasteiger partial charge in [0, 0.05) is 32.0 Å². The van der Waals surface area contributed by atoms with Crippen LogP contribution in [0.2, 0.25) is 0 Å². The van der Waals surface area contributed by atoms with Crippen LogP contribution in [0.3, 0.4) is 0 Å². The Morgan fingerprint density at radius 3 is 2.64 bits per heavy atom. The summed E-state index contributed by atoms with van der Waals surface area (Å²) in [7, 11) is 0. The number of likely N-dealkylation sites (tertiary alicyclic amines) is 1. The minimum atomic E-state index is 0.263. The van der Waals surface area contributed by atoms with E-state index < -0.39 is 0 Å². The Balaban J connectivity index is 1.42. The number of rotatable bonds is 5. The summed E-state index contributed by atoms with van der Waals surface area (Å²) in [5, 5.41) is 0. The largest absolute Gasteiger partial charge is 0.342 e. The van der Waals surface area contributed by atoms with Crippen LogP contribution in [0.5, 0.6) is 0 Å². The lowest BCUT2D eigenvalue weighted by atomic mass is 9.93. The van der Waals surface area contributed by atoms with E-state index in [0.717, 1.165) is 44.0 Å². The van der Waals surface area contributed by atoms with E-state index in [1.54, 1.807) is 0 Å². The fourth-order valence-corrected chi connectivity index (χ4v) is 3.10. The number of carbonyl (C=O) groups is 1. The molecule has 0 N–H and O–H groups in total. The zero-order chi connectivity index (χ0) is 15.2. The number of aryl methyl sites for hydroxylation is 1. The smallest absolute Gasteiger partial charge is 0.226 e. The maximum atomic E-state index is 12.3. The zero-order valence-electron chi connectivity index (χ0n) is 12.9. The van der Waals surface area contributed by atoms with Crippen molar-refractivity contribution in [3.63, 3.8) is 0 Å². The van der Waals surface area contributed by atoms with E-state index in [4.69, 9.17) is 0 Å². The standard InChI is InChI=1S/C18H23N3O/c22-18(14-17-4-2-1-3-5-17)21-11-7-16(8-12-21)6-10-20-13-9-19-15-20/h1-5,9,13,15-16H,6-8,10-12,14H2. The molecule has 2 heterocycles. The molecule has 1 amide bonds. The molecule has 0 saturated carbocycles. The van der Waals surface area contributed by atoms with Crippen molar-refractivity contribution < 1.29 is 4.79 Å². The summed E-state index contributed by atoms with van der Waals surface area (Å²) in [6.07, 6.45) is 9.66. The van der Waals surface area contributed by atoms with E-state index >= 15 is 0 Å². The molecular formula is C18H23N3O. The average molecular weight is 297 g/mol. The lowest BCUT2D eigenvalue weighted by Gasteiger charge is -2.32. The summed E-state index contributed by atoms with van der Waals surface area (Å²) in [6.45, 7) is 2.84. The van der Waals surface area contributed by atoms with Crippen molar-refractivity contribution in [1.29, 1.82) is 0 Å². The van der Waals surface area contributed by atoms with Crippen molar-refractivity contribution in [1.82, 2.24) is 14.5 Å². The minimum Gasteiger partial charge on any atom is -0.342 e. The molecule has 0 bridgehead atoms. The maximum Gasteiger partial charge on any atom is 0.226 e. The van der Waals surface area contributed by atoms with Gasteiger partial charge in [-0.3, -0.25) is 4.79 Å². The summed E-state index contributed by atoms with van der Waals surface area (Å²) < 4.78 is 2.13. The van der Waals surface area contributed by atoms with E-state index in [-0.39, 0.29) is 5.91 Å². The van der Waals surface area contributed by atoms with Gasteiger partial charge in [0.15, 0.2) is 0 Å². The first kappa shape index (κ1) is 14.8. The summed E-state index contributed by atoms with van der Waals surface area (Å²) in [5.74, 6) is 0.988. The number of hydrogen-bond donors (Lipinski definition) is 0. The Bertz CT molecular complexity index is 572. The molecule has 116 valence electrons. The third-order valence-corrected chi connectivity index (χ3v) is 4.52. The van der Waals surface area contributed by atoms with Gasteiger partial charge in [0.2, 0.25) is 5.91 Å². The Morgan fingerprint density at radius 2 is 1.95 bits per heavy atom. The first-order valence-corrected chi connectivity index (χ1v) is 8.09. The number of amides is 1. The van der Waals surface area contributed by atoms with Crippen molar-refractivity contribution in [2.24, 2.45) is 5.92 Å². The molecule has 1 aliphatic heterocycles. The number of carbonyl (C=O) groups excluding carboxylic acids is 1. The predicted molar refractivity (Wildman–Crippen MR) is 86.3 cm³/mol. The molecule has 1 aliphatic rings. The van der Waals surface area contributed by atoms with Crippen molar-refractivity contribution in [3.05, 3.63) is 54.6 Å². The topological polar surface area (TPSA) is 38.1 Å². The van der Waals surface area contributed by atoms with Crippen molar-refractivity contribution in [2.45, 2.75) is 32.2 Å². The number of piperidine rings is 1. The number of imidazole rings is 1. The molecule has 0 spiro atoms. The van der Waals surface area contributed by atoms with Crippen LogP contribution >= 0.6 is 0 Å². The summed E-state index contributed by atoms with van der Waals surface area (Å²) in [5.41, 5.74) is 1.11. The Labute approximate surface area is 131 Å². The molecule has 0 radical (unpaired) electrons. The van der Waals surface area contributed by atoms with Crippen LogP contribution in [0, 0.1) is 5.92 Å². The van der Waals surface area contributed by atoms with Gasteiger partial charge in [-0.05, 0) is 30.7 Å². The molecule has 1 aromatic heterocycles. The molecule has 4 nitrogen and oxygen atoms in total. The summed E-state index contributed by atoms with van der Waals surface area (Å²) >= 11 is 0. The fourth-order valence-electron chi connectivity index (χ4n) is 3.10. The normalized spacial score (nSPS) is 15.9. The molecule has 3 rings (SSSR count). The van der Waals surface area contributed by atoms with Crippen molar-refractivity contribution in [2.75, 3.05) is 13.1 Å². The molecule has 1 saturated heterocycles. The van der Waals surface area contributed by atoms with Gasteiger partial charge >= 0.3 is 0 Å².